The summed E-state index contributed by atoms with van der Waals surface area (Å²) in [6.45, 7) is 2.77. The third kappa shape index (κ3) is 3.92. The lowest BCUT2D eigenvalue weighted by molar-refractivity contribution is 0.0690. The summed E-state index contributed by atoms with van der Waals surface area (Å²) in [7, 11) is 2.03. The van der Waals surface area contributed by atoms with Gasteiger partial charge >= 0.3 is 5.97 Å². The molecule has 1 atom stereocenters. The second-order valence-electron chi connectivity index (χ2n) is 4.77. The lowest BCUT2D eigenvalue weighted by Crippen LogP contribution is -2.34. The highest BCUT2D eigenvalue weighted by molar-refractivity contribution is 5.84. The Hall–Kier alpha value is -2.63. The second kappa shape index (κ2) is 6.69. The number of aromatic carboxylic acids is 1. The number of benzene rings is 1. The van der Waals surface area contributed by atoms with Crippen molar-refractivity contribution in [2.24, 2.45) is 0 Å². The first-order valence-corrected chi connectivity index (χ1v) is 6.65. The van der Waals surface area contributed by atoms with Crippen LogP contribution in [0.3, 0.4) is 0 Å². The standard InChI is InChI=1S/C15H18N4O2/c1-11(19(2)12-6-4-3-5-7-12)8-17-14-10-16-13(9-18-14)15(20)21/h3-7,9-11H,8H2,1-2H3,(H,17,18)(H,20,21). The number of carbonyl (C=O) groups is 1. The van der Waals surface area contributed by atoms with Crippen molar-refractivity contribution in [3.05, 3.63) is 48.4 Å². The van der Waals surface area contributed by atoms with Crippen LogP contribution in [0, 0.1) is 0 Å². The molecule has 0 spiro atoms. The average molecular weight is 286 g/mol. The SMILES string of the molecule is CC(CNc1cnc(C(=O)O)cn1)N(C)c1ccccc1. The van der Waals surface area contributed by atoms with Crippen molar-refractivity contribution >= 4 is 17.5 Å². The van der Waals surface area contributed by atoms with Gasteiger partial charge in [0.05, 0.1) is 12.4 Å². The van der Waals surface area contributed by atoms with Crippen molar-refractivity contribution < 1.29 is 9.90 Å². The Kier molecular flexibility index (Phi) is 4.71. The van der Waals surface area contributed by atoms with E-state index in [-0.39, 0.29) is 11.7 Å². The molecule has 110 valence electrons. The Bertz CT molecular complexity index is 586. The van der Waals surface area contributed by atoms with Gasteiger partial charge in [-0.05, 0) is 19.1 Å². The molecule has 2 N–H and O–H groups in total. The largest absolute Gasteiger partial charge is 0.476 e. The van der Waals surface area contributed by atoms with Crippen LogP contribution >= 0.6 is 0 Å². The highest BCUT2D eigenvalue weighted by atomic mass is 16.4. The Morgan fingerprint density at radius 3 is 2.57 bits per heavy atom. The summed E-state index contributed by atoms with van der Waals surface area (Å²) in [5.41, 5.74) is 1.08. The van der Waals surface area contributed by atoms with Crippen molar-refractivity contribution in [3.63, 3.8) is 0 Å². The fraction of sp³-hybridized carbons (Fsp3) is 0.267. The van der Waals surface area contributed by atoms with Crippen LogP contribution in [-0.2, 0) is 0 Å². The number of para-hydroxylation sites is 1. The molecular formula is C15H18N4O2. The van der Waals surface area contributed by atoms with E-state index in [0.717, 1.165) is 5.69 Å². The van der Waals surface area contributed by atoms with Gasteiger partial charge in [-0.2, -0.15) is 0 Å². The smallest absolute Gasteiger partial charge is 0.356 e. The van der Waals surface area contributed by atoms with Gasteiger partial charge in [0.15, 0.2) is 5.69 Å². The maximum atomic E-state index is 10.7. The number of likely N-dealkylation sites (N-methyl/N-ethyl adjacent to an activating group) is 1. The first-order chi connectivity index (χ1) is 10.1. The van der Waals surface area contributed by atoms with E-state index in [1.54, 1.807) is 0 Å². The Balaban J connectivity index is 1.91. The molecule has 0 bridgehead atoms. The van der Waals surface area contributed by atoms with E-state index < -0.39 is 5.97 Å². The maximum Gasteiger partial charge on any atom is 0.356 e. The van der Waals surface area contributed by atoms with E-state index in [1.165, 1.54) is 12.4 Å². The van der Waals surface area contributed by atoms with Gasteiger partial charge in [-0.25, -0.2) is 14.8 Å². The monoisotopic (exact) mass is 286 g/mol. The molecule has 2 aromatic rings. The predicted molar refractivity (Wildman–Crippen MR) is 81.8 cm³/mol. The summed E-state index contributed by atoms with van der Waals surface area (Å²) >= 11 is 0. The first-order valence-electron chi connectivity index (χ1n) is 6.65. The minimum atomic E-state index is -1.08. The Labute approximate surface area is 123 Å². The van der Waals surface area contributed by atoms with Crippen molar-refractivity contribution in [1.82, 2.24) is 9.97 Å². The quantitative estimate of drug-likeness (QED) is 0.847. The number of hydrogen-bond donors (Lipinski definition) is 2. The van der Waals surface area contributed by atoms with Crippen molar-refractivity contribution in [3.8, 4) is 0 Å². The lowest BCUT2D eigenvalue weighted by Gasteiger charge is -2.27. The minimum Gasteiger partial charge on any atom is -0.476 e. The van der Waals surface area contributed by atoms with Crippen molar-refractivity contribution in [2.75, 3.05) is 23.8 Å². The molecule has 0 aliphatic rings. The summed E-state index contributed by atoms with van der Waals surface area (Å²) in [4.78, 5) is 20.7. The molecule has 0 fully saturated rings. The van der Waals surface area contributed by atoms with Gasteiger partial charge in [-0.1, -0.05) is 18.2 Å². The van der Waals surface area contributed by atoms with Crippen LogP contribution < -0.4 is 10.2 Å². The van der Waals surface area contributed by atoms with Gasteiger partial charge in [0, 0.05) is 25.3 Å². The van der Waals surface area contributed by atoms with Crippen LogP contribution in [0.4, 0.5) is 11.5 Å². The number of anilines is 2. The van der Waals surface area contributed by atoms with E-state index in [9.17, 15) is 4.79 Å². The molecule has 1 aromatic heterocycles. The van der Waals surface area contributed by atoms with E-state index >= 15 is 0 Å². The Morgan fingerprint density at radius 1 is 1.29 bits per heavy atom. The number of nitrogens with zero attached hydrogens (tertiary/aromatic N) is 3. The topological polar surface area (TPSA) is 78.3 Å². The summed E-state index contributed by atoms with van der Waals surface area (Å²) in [6.07, 6.45) is 2.68. The molecule has 2 rings (SSSR count). The number of aromatic nitrogens is 2. The molecule has 0 saturated heterocycles. The molecule has 1 aromatic carbocycles. The van der Waals surface area contributed by atoms with Crippen molar-refractivity contribution in [2.45, 2.75) is 13.0 Å². The zero-order valence-electron chi connectivity index (χ0n) is 12.0. The number of carboxylic acid groups (broad SMARTS) is 1. The van der Waals surface area contributed by atoms with Crippen LogP contribution in [0.5, 0.6) is 0 Å². The Morgan fingerprint density at radius 2 is 2.00 bits per heavy atom. The zero-order chi connectivity index (χ0) is 15.2. The molecule has 6 nitrogen and oxygen atoms in total. The molecule has 0 amide bonds. The van der Waals surface area contributed by atoms with Gasteiger partial charge in [-0.15, -0.1) is 0 Å². The van der Waals surface area contributed by atoms with Gasteiger partial charge < -0.3 is 15.3 Å². The highest BCUT2D eigenvalue weighted by Crippen LogP contribution is 2.14. The number of hydrogen-bond acceptors (Lipinski definition) is 5. The second-order valence-corrected chi connectivity index (χ2v) is 4.77. The van der Waals surface area contributed by atoms with E-state index in [2.05, 4.69) is 39.2 Å². The van der Waals surface area contributed by atoms with Gasteiger partial charge in [0.25, 0.3) is 0 Å². The van der Waals surface area contributed by atoms with E-state index in [0.29, 0.717) is 12.4 Å². The third-order valence-electron chi connectivity index (χ3n) is 3.27. The van der Waals surface area contributed by atoms with Crippen LogP contribution in [0.25, 0.3) is 0 Å². The number of carboxylic acids is 1. The third-order valence-corrected chi connectivity index (χ3v) is 3.27. The summed E-state index contributed by atoms with van der Waals surface area (Å²) < 4.78 is 0. The van der Waals surface area contributed by atoms with E-state index in [4.69, 9.17) is 5.11 Å². The lowest BCUT2D eigenvalue weighted by atomic mass is 10.2. The molecule has 0 saturated carbocycles. The molecule has 0 aliphatic heterocycles. The molecule has 21 heavy (non-hydrogen) atoms. The fourth-order valence-corrected chi connectivity index (χ4v) is 1.84. The minimum absolute atomic E-state index is 0.0602. The van der Waals surface area contributed by atoms with Crippen molar-refractivity contribution in [1.29, 1.82) is 0 Å². The van der Waals surface area contributed by atoms with Crippen LogP contribution in [0.15, 0.2) is 42.7 Å². The van der Waals surface area contributed by atoms with Gasteiger partial charge in [-0.3, -0.25) is 0 Å². The highest BCUT2D eigenvalue weighted by Gasteiger charge is 2.10. The number of rotatable bonds is 6. The first kappa shape index (κ1) is 14.8. The fourth-order valence-electron chi connectivity index (χ4n) is 1.84. The maximum absolute atomic E-state index is 10.7. The molecule has 0 aliphatic carbocycles. The molecule has 6 heteroatoms. The van der Waals surface area contributed by atoms with Crippen LogP contribution in [0.2, 0.25) is 0 Å². The van der Waals surface area contributed by atoms with Gasteiger partial charge in [0.2, 0.25) is 0 Å². The zero-order valence-corrected chi connectivity index (χ0v) is 12.0. The summed E-state index contributed by atoms with van der Waals surface area (Å²) in [6, 6.07) is 10.3. The predicted octanol–water partition coefficient (Wildman–Crippen LogP) is 2.11. The molecular weight excluding hydrogens is 268 g/mol. The van der Waals surface area contributed by atoms with Gasteiger partial charge in [0.1, 0.15) is 5.82 Å². The molecule has 0 radical (unpaired) electrons. The number of nitrogens with one attached hydrogen (secondary N) is 1. The average Bonchev–Trinajstić information content (AvgIpc) is 2.53. The van der Waals surface area contributed by atoms with Crippen LogP contribution in [-0.4, -0.2) is 40.7 Å². The van der Waals surface area contributed by atoms with E-state index in [1.807, 2.05) is 25.2 Å². The van der Waals surface area contributed by atoms with Crippen LogP contribution in [0.1, 0.15) is 17.4 Å². The molecule has 1 unspecified atom stereocenters. The summed E-state index contributed by atoms with van der Waals surface area (Å²) in [5, 5.41) is 11.9. The normalized spacial score (nSPS) is 11.7. The molecule has 1 heterocycles. The summed E-state index contributed by atoms with van der Waals surface area (Å²) in [5.74, 6) is -0.514.